The minimum absolute atomic E-state index is 0.114. The van der Waals surface area contributed by atoms with Crippen LogP contribution in [0, 0.1) is 12.7 Å². The van der Waals surface area contributed by atoms with Gasteiger partial charge >= 0.3 is 0 Å². The van der Waals surface area contributed by atoms with Crippen LogP contribution in [-0.2, 0) is 0 Å². The number of hydrogen-bond donors (Lipinski definition) is 0. The third-order valence-corrected chi connectivity index (χ3v) is 1.42. The largest absolute Gasteiger partial charge is 0.258 e. The molecule has 48 valence electrons. The molecule has 0 spiro atoms. The molecule has 0 N–H and O–H groups in total. The first kappa shape index (κ1) is 3.66. The average Bonchev–Trinajstić information content (AvgIpc) is 1.92. The predicted octanol–water partition coefficient (Wildman–Crippen LogP) is 2.29. The van der Waals surface area contributed by atoms with E-state index in [1.165, 1.54) is 0 Å². The maximum Gasteiger partial charge on any atom is 0.155 e. The van der Waals surface area contributed by atoms with Gasteiger partial charge in [-0.2, -0.15) is 0 Å². The second kappa shape index (κ2) is 2.43. The summed E-state index contributed by atoms with van der Waals surface area (Å²) in [6.07, 6.45) is 0.881. The number of halogens is 2. The number of pyridine rings is 1. The summed E-state index contributed by atoms with van der Waals surface area (Å²) in [5.74, 6) is -0.567. The highest BCUT2D eigenvalue weighted by molar-refractivity contribution is 9.10. The van der Waals surface area contributed by atoms with E-state index in [4.69, 9.17) is 4.11 Å². The lowest BCUT2D eigenvalue weighted by Crippen LogP contribution is -1.83. The van der Waals surface area contributed by atoms with E-state index >= 15 is 0 Å². The lowest BCUT2D eigenvalue weighted by molar-refractivity contribution is 0.613. The van der Waals surface area contributed by atoms with Gasteiger partial charge in [0.2, 0.25) is 0 Å². The van der Waals surface area contributed by atoms with Crippen molar-refractivity contribution in [3.05, 3.63) is 28.2 Å². The van der Waals surface area contributed by atoms with E-state index < -0.39 is 12.7 Å². The SMILES string of the molecule is [2H]C([2H])([2H])c1cc(Br)c(F)cn1. The Kier molecular flexibility index (Phi) is 0.990. The van der Waals surface area contributed by atoms with Crippen molar-refractivity contribution in [3.8, 4) is 0 Å². The first-order valence-electron chi connectivity index (χ1n) is 3.73. The molecule has 0 unspecified atom stereocenters. The molecule has 1 aromatic rings. The van der Waals surface area contributed by atoms with Gasteiger partial charge in [0.25, 0.3) is 0 Å². The fourth-order valence-corrected chi connectivity index (χ4v) is 0.733. The molecular weight excluding hydrogens is 185 g/mol. The van der Waals surface area contributed by atoms with Crippen molar-refractivity contribution < 1.29 is 8.50 Å². The van der Waals surface area contributed by atoms with E-state index in [2.05, 4.69) is 20.9 Å². The highest BCUT2D eigenvalue weighted by Crippen LogP contribution is 2.13. The van der Waals surface area contributed by atoms with E-state index in [1.54, 1.807) is 0 Å². The maximum atomic E-state index is 12.6. The zero-order chi connectivity index (χ0) is 9.35. The van der Waals surface area contributed by atoms with Gasteiger partial charge in [-0.15, -0.1) is 0 Å². The molecule has 1 aromatic heterocycles. The second-order valence-electron chi connectivity index (χ2n) is 1.48. The molecule has 0 aliphatic carbocycles. The van der Waals surface area contributed by atoms with Crippen LogP contribution >= 0.6 is 15.9 Å². The summed E-state index contributed by atoms with van der Waals surface area (Å²) in [4.78, 5) is 3.44. The zero-order valence-corrected chi connectivity index (χ0v) is 5.94. The lowest BCUT2D eigenvalue weighted by Gasteiger charge is -1.92. The summed E-state index contributed by atoms with van der Waals surface area (Å²) < 4.78 is 33.6. The molecule has 0 aromatic carbocycles. The van der Waals surface area contributed by atoms with Crippen molar-refractivity contribution in [3.63, 3.8) is 0 Å². The standard InChI is InChI=1S/C6H5BrFN/c1-4-2-5(7)6(8)3-9-4/h2-3H,1H3/i1D3. The van der Waals surface area contributed by atoms with Gasteiger partial charge in [-0.05, 0) is 28.8 Å². The van der Waals surface area contributed by atoms with Crippen LogP contribution in [0.5, 0.6) is 0 Å². The molecule has 0 radical (unpaired) electrons. The molecule has 0 aliphatic heterocycles. The van der Waals surface area contributed by atoms with Crippen molar-refractivity contribution in [2.45, 2.75) is 6.85 Å². The minimum Gasteiger partial charge on any atom is -0.258 e. The molecular formula is C6H5BrFN. The molecule has 9 heavy (non-hydrogen) atoms. The Morgan fingerprint density at radius 2 is 2.67 bits per heavy atom. The second-order valence-corrected chi connectivity index (χ2v) is 2.34. The zero-order valence-electron chi connectivity index (χ0n) is 7.36. The van der Waals surface area contributed by atoms with Crippen LogP contribution in [0.1, 0.15) is 9.81 Å². The van der Waals surface area contributed by atoms with Gasteiger partial charge in [0.15, 0.2) is 5.82 Å². The van der Waals surface area contributed by atoms with E-state index in [9.17, 15) is 4.39 Å². The summed E-state index contributed by atoms with van der Waals surface area (Å²) in [7, 11) is 0. The number of aromatic nitrogens is 1. The smallest absolute Gasteiger partial charge is 0.155 e. The van der Waals surface area contributed by atoms with Crippen LogP contribution in [0.4, 0.5) is 4.39 Å². The monoisotopic (exact) mass is 192 g/mol. The number of rotatable bonds is 0. The van der Waals surface area contributed by atoms with Crippen molar-refractivity contribution in [1.29, 1.82) is 0 Å². The molecule has 0 atom stereocenters. The fraction of sp³-hybridized carbons (Fsp3) is 0.167. The third kappa shape index (κ3) is 1.48. The van der Waals surface area contributed by atoms with Crippen molar-refractivity contribution in [1.82, 2.24) is 4.98 Å². The first-order valence-corrected chi connectivity index (χ1v) is 3.02. The molecule has 0 fully saturated rings. The Bertz CT molecular complexity index is 299. The fourth-order valence-electron chi connectivity index (χ4n) is 0.414. The highest BCUT2D eigenvalue weighted by Gasteiger charge is 1.96. The van der Waals surface area contributed by atoms with E-state index in [0.29, 0.717) is 0 Å². The van der Waals surface area contributed by atoms with Crippen molar-refractivity contribution in [2.75, 3.05) is 0 Å². The molecule has 1 heterocycles. The topological polar surface area (TPSA) is 12.9 Å². The van der Waals surface area contributed by atoms with Crippen LogP contribution in [0.2, 0.25) is 0 Å². The molecule has 0 aliphatic rings. The Morgan fingerprint density at radius 3 is 3.22 bits per heavy atom. The van der Waals surface area contributed by atoms with Gasteiger partial charge in [0.1, 0.15) is 0 Å². The number of aryl methyl sites for hydroxylation is 1. The van der Waals surface area contributed by atoms with Gasteiger partial charge in [-0.25, -0.2) is 4.39 Å². The molecule has 1 nitrogen and oxygen atoms in total. The minimum atomic E-state index is -2.28. The summed E-state index contributed by atoms with van der Waals surface area (Å²) in [5.41, 5.74) is -0.115. The maximum absolute atomic E-state index is 12.6. The van der Waals surface area contributed by atoms with Crippen LogP contribution in [-0.4, -0.2) is 4.98 Å². The normalized spacial score (nSPS) is 16.0. The molecule has 0 saturated heterocycles. The Hall–Kier alpha value is -0.440. The van der Waals surface area contributed by atoms with Crippen LogP contribution in [0.15, 0.2) is 16.7 Å². The van der Waals surface area contributed by atoms with Gasteiger partial charge in [0.05, 0.1) is 10.7 Å². The molecule has 3 heteroatoms. The van der Waals surface area contributed by atoms with Gasteiger partial charge in [0, 0.05) is 9.81 Å². The molecule has 1 rings (SSSR count). The van der Waals surface area contributed by atoms with Crippen LogP contribution in [0.25, 0.3) is 0 Å². The van der Waals surface area contributed by atoms with Gasteiger partial charge < -0.3 is 0 Å². The van der Waals surface area contributed by atoms with Crippen molar-refractivity contribution in [2.24, 2.45) is 0 Å². The van der Waals surface area contributed by atoms with E-state index in [-0.39, 0.29) is 10.2 Å². The quantitative estimate of drug-likeness (QED) is 0.615. The lowest BCUT2D eigenvalue weighted by atomic mass is 10.4. The van der Waals surface area contributed by atoms with E-state index in [0.717, 1.165) is 12.3 Å². The highest BCUT2D eigenvalue weighted by atomic mass is 79.9. The first-order chi connectivity index (χ1) is 5.41. The molecule has 0 bridgehead atoms. The summed E-state index contributed by atoms with van der Waals surface area (Å²) in [6.45, 7) is -2.28. The Balaban J connectivity index is 3.14. The van der Waals surface area contributed by atoms with Crippen LogP contribution in [0.3, 0.4) is 0 Å². The predicted molar refractivity (Wildman–Crippen MR) is 36.6 cm³/mol. The average molecular weight is 193 g/mol. The third-order valence-electron chi connectivity index (χ3n) is 0.809. The van der Waals surface area contributed by atoms with E-state index in [1.807, 2.05) is 0 Å². The van der Waals surface area contributed by atoms with Gasteiger partial charge in [-0.3, -0.25) is 4.98 Å². The molecule has 0 amide bonds. The van der Waals surface area contributed by atoms with Crippen molar-refractivity contribution >= 4 is 15.9 Å². The van der Waals surface area contributed by atoms with Crippen LogP contribution < -0.4 is 0 Å². The number of nitrogens with zero attached hydrogens (tertiary/aromatic N) is 1. The molecule has 0 saturated carbocycles. The van der Waals surface area contributed by atoms with Gasteiger partial charge in [-0.1, -0.05) is 0 Å². The summed E-state index contributed by atoms with van der Waals surface area (Å²) >= 11 is 2.87. The Morgan fingerprint density at radius 1 is 1.89 bits per heavy atom. The summed E-state index contributed by atoms with van der Waals surface area (Å²) in [6, 6.07) is 1.16. The summed E-state index contributed by atoms with van der Waals surface area (Å²) in [5, 5.41) is 0. The Labute approximate surface area is 65.3 Å². The number of hydrogen-bond acceptors (Lipinski definition) is 1.